The largest absolute Gasteiger partial charge is 0.506 e. The molecule has 0 atom stereocenters. The highest BCUT2D eigenvalue weighted by Gasteiger charge is 2.17. The summed E-state index contributed by atoms with van der Waals surface area (Å²) in [4.78, 5) is 11.5. The van der Waals surface area contributed by atoms with E-state index in [-0.39, 0.29) is 23.1 Å². The number of ether oxygens (including phenoxy) is 2. The molecule has 0 saturated carbocycles. The molecule has 0 amide bonds. The molecule has 1 aliphatic heterocycles. The zero-order valence-electron chi connectivity index (χ0n) is 11.2. The number of aliphatic carboxylic acids is 1. The van der Waals surface area contributed by atoms with Crippen LogP contribution in [0.15, 0.2) is 36.4 Å². The fourth-order valence-electron chi connectivity index (χ4n) is 2.11. The number of rotatable bonds is 3. The summed E-state index contributed by atoms with van der Waals surface area (Å²) in [6, 6.07) is 9.41. The molecule has 2 aromatic rings. The van der Waals surface area contributed by atoms with E-state index in [0.29, 0.717) is 22.6 Å². The number of aromatic hydroxyl groups is 1. The lowest BCUT2D eigenvalue weighted by atomic mass is 10.0. The zero-order chi connectivity index (χ0) is 15.7. The van der Waals surface area contributed by atoms with Crippen molar-refractivity contribution < 1.29 is 24.5 Å². The van der Waals surface area contributed by atoms with Crippen molar-refractivity contribution in [1.82, 2.24) is 0 Å². The predicted octanol–water partition coefficient (Wildman–Crippen LogP) is 3.40. The van der Waals surface area contributed by atoms with Crippen molar-refractivity contribution in [3.05, 3.63) is 52.5 Å². The van der Waals surface area contributed by atoms with E-state index in [1.165, 1.54) is 18.2 Å². The maximum atomic E-state index is 11.5. The average molecular weight is 319 g/mol. The fourth-order valence-corrected chi connectivity index (χ4v) is 2.30. The number of phenols is 1. The van der Waals surface area contributed by atoms with Crippen molar-refractivity contribution in [2.24, 2.45) is 0 Å². The van der Waals surface area contributed by atoms with E-state index in [4.69, 9.17) is 21.1 Å². The van der Waals surface area contributed by atoms with E-state index in [0.717, 1.165) is 0 Å². The quantitative estimate of drug-likeness (QED) is 0.670. The van der Waals surface area contributed by atoms with Crippen molar-refractivity contribution in [3.63, 3.8) is 0 Å². The Morgan fingerprint density at radius 1 is 1.14 bits per heavy atom. The van der Waals surface area contributed by atoms with Crippen molar-refractivity contribution >= 4 is 29.2 Å². The van der Waals surface area contributed by atoms with E-state index in [2.05, 4.69) is 0 Å². The number of fused-ring (bicyclic) bond motifs is 1. The van der Waals surface area contributed by atoms with E-state index < -0.39 is 5.97 Å². The Morgan fingerprint density at radius 2 is 1.91 bits per heavy atom. The Kier molecular flexibility index (Phi) is 3.65. The van der Waals surface area contributed by atoms with Gasteiger partial charge in [0.15, 0.2) is 11.5 Å². The van der Waals surface area contributed by atoms with Crippen LogP contribution in [-0.4, -0.2) is 23.0 Å². The number of halogens is 1. The lowest BCUT2D eigenvalue weighted by Gasteiger charge is -2.05. The van der Waals surface area contributed by atoms with Gasteiger partial charge in [-0.2, -0.15) is 0 Å². The van der Waals surface area contributed by atoms with Gasteiger partial charge in [0.1, 0.15) is 5.75 Å². The molecular formula is C16H11ClO5. The molecule has 0 spiro atoms. The second-order valence-corrected chi connectivity index (χ2v) is 5.05. The number of carboxylic acids is 1. The van der Waals surface area contributed by atoms with E-state index in [1.54, 1.807) is 24.3 Å². The Hall–Kier alpha value is -2.66. The normalized spacial score (nSPS) is 13.2. The smallest absolute Gasteiger partial charge is 0.336 e. The third-order valence-corrected chi connectivity index (χ3v) is 3.50. The van der Waals surface area contributed by atoms with Gasteiger partial charge in [-0.05, 0) is 41.5 Å². The van der Waals surface area contributed by atoms with Crippen LogP contribution < -0.4 is 9.47 Å². The van der Waals surface area contributed by atoms with Gasteiger partial charge >= 0.3 is 5.97 Å². The second-order valence-electron chi connectivity index (χ2n) is 4.64. The molecule has 0 radical (unpaired) electrons. The predicted molar refractivity (Wildman–Crippen MR) is 81.2 cm³/mol. The molecule has 2 aromatic carbocycles. The van der Waals surface area contributed by atoms with Gasteiger partial charge in [-0.1, -0.05) is 23.7 Å². The Balaban J connectivity index is 2.04. The molecule has 0 aliphatic carbocycles. The van der Waals surface area contributed by atoms with Crippen molar-refractivity contribution in [1.29, 1.82) is 0 Å². The Bertz CT molecular complexity index is 782. The number of phenolic OH excluding ortho intramolecular Hbond substituents is 1. The summed E-state index contributed by atoms with van der Waals surface area (Å²) in [5, 5.41) is 19.0. The molecule has 5 nitrogen and oxygen atoms in total. The second kappa shape index (κ2) is 5.61. The number of carboxylic acid groups (broad SMARTS) is 1. The van der Waals surface area contributed by atoms with Gasteiger partial charge in [0.05, 0.1) is 10.6 Å². The number of hydrogen-bond donors (Lipinski definition) is 2. The maximum absolute atomic E-state index is 11.5. The van der Waals surface area contributed by atoms with Crippen LogP contribution in [0.25, 0.3) is 11.6 Å². The first-order chi connectivity index (χ1) is 10.5. The SMILES string of the molecule is O=C(O)/C(=C\c1ccc(O)c(Cl)c1)c1ccc2c(c1)OCO2. The third-order valence-electron chi connectivity index (χ3n) is 3.20. The summed E-state index contributed by atoms with van der Waals surface area (Å²) >= 11 is 5.84. The van der Waals surface area contributed by atoms with Crippen molar-refractivity contribution in [2.45, 2.75) is 0 Å². The van der Waals surface area contributed by atoms with E-state index in [9.17, 15) is 15.0 Å². The summed E-state index contributed by atoms with van der Waals surface area (Å²) in [6.07, 6.45) is 1.48. The van der Waals surface area contributed by atoms with Crippen molar-refractivity contribution in [3.8, 4) is 17.2 Å². The van der Waals surface area contributed by atoms with Crippen LogP contribution in [0.1, 0.15) is 11.1 Å². The van der Waals surface area contributed by atoms with Crippen LogP contribution >= 0.6 is 11.6 Å². The molecule has 0 aromatic heterocycles. The standard InChI is InChI=1S/C16H11ClO5/c17-12-6-9(1-3-13(12)18)5-11(16(19)20)10-2-4-14-15(7-10)22-8-21-14/h1-7,18H,8H2,(H,19,20)/b11-5-. The lowest BCUT2D eigenvalue weighted by molar-refractivity contribution is -0.130. The molecule has 0 unspecified atom stereocenters. The van der Waals surface area contributed by atoms with Crippen molar-refractivity contribution in [2.75, 3.05) is 6.79 Å². The maximum Gasteiger partial charge on any atom is 0.336 e. The molecule has 112 valence electrons. The lowest BCUT2D eigenvalue weighted by Crippen LogP contribution is -1.99. The minimum atomic E-state index is -1.08. The molecule has 3 rings (SSSR count). The number of hydrogen-bond acceptors (Lipinski definition) is 4. The Morgan fingerprint density at radius 3 is 2.64 bits per heavy atom. The van der Waals surface area contributed by atoms with Crippen LogP contribution in [0.3, 0.4) is 0 Å². The summed E-state index contributed by atoms with van der Waals surface area (Å²) in [6.45, 7) is 0.123. The summed E-state index contributed by atoms with van der Waals surface area (Å²) in [5.41, 5.74) is 1.14. The molecule has 0 fully saturated rings. The number of carbonyl (C=O) groups is 1. The monoisotopic (exact) mass is 318 g/mol. The third kappa shape index (κ3) is 2.71. The molecule has 0 bridgehead atoms. The van der Waals surface area contributed by atoms with Gasteiger partial charge in [0.25, 0.3) is 0 Å². The highest BCUT2D eigenvalue weighted by Crippen LogP contribution is 2.35. The topological polar surface area (TPSA) is 76.0 Å². The van der Waals surface area contributed by atoms with Gasteiger partial charge in [-0.15, -0.1) is 0 Å². The minimum absolute atomic E-state index is 0.0567. The highest BCUT2D eigenvalue weighted by atomic mass is 35.5. The number of benzene rings is 2. The van der Waals surface area contributed by atoms with Crippen LogP contribution in [0.2, 0.25) is 5.02 Å². The molecule has 0 saturated heterocycles. The molecule has 2 N–H and O–H groups in total. The minimum Gasteiger partial charge on any atom is -0.506 e. The summed E-state index contributed by atoms with van der Waals surface area (Å²) < 4.78 is 10.5. The highest BCUT2D eigenvalue weighted by molar-refractivity contribution is 6.32. The molecular weight excluding hydrogens is 308 g/mol. The summed E-state index contributed by atoms with van der Waals surface area (Å²) in [5.74, 6) is -0.0450. The average Bonchev–Trinajstić information content (AvgIpc) is 2.95. The van der Waals surface area contributed by atoms with Gasteiger partial charge in [0, 0.05) is 0 Å². The molecule has 6 heteroatoms. The van der Waals surface area contributed by atoms with E-state index >= 15 is 0 Å². The molecule has 1 aliphatic rings. The zero-order valence-corrected chi connectivity index (χ0v) is 12.0. The molecule has 1 heterocycles. The van der Waals surface area contributed by atoms with Gasteiger partial charge in [-0.25, -0.2) is 4.79 Å². The fraction of sp³-hybridized carbons (Fsp3) is 0.0625. The van der Waals surface area contributed by atoms with Gasteiger partial charge < -0.3 is 19.7 Å². The van der Waals surface area contributed by atoms with E-state index in [1.807, 2.05) is 0 Å². The van der Waals surface area contributed by atoms with Gasteiger partial charge in [0.2, 0.25) is 6.79 Å². The van der Waals surface area contributed by atoms with Crippen LogP contribution in [0.4, 0.5) is 0 Å². The van der Waals surface area contributed by atoms with Crippen LogP contribution in [0.5, 0.6) is 17.2 Å². The Labute approximate surface area is 131 Å². The summed E-state index contributed by atoms with van der Waals surface area (Å²) in [7, 11) is 0. The first-order valence-electron chi connectivity index (χ1n) is 6.38. The van der Waals surface area contributed by atoms with Gasteiger partial charge in [-0.3, -0.25) is 0 Å². The van der Waals surface area contributed by atoms with Crippen LogP contribution in [0, 0.1) is 0 Å². The van der Waals surface area contributed by atoms with Crippen LogP contribution in [-0.2, 0) is 4.79 Å². The first-order valence-corrected chi connectivity index (χ1v) is 6.76. The molecule has 22 heavy (non-hydrogen) atoms. The first kappa shape index (κ1) is 14.3.